The van der Waals surface area contributed by atoms with Crippen LogP contribution in [0.2, 0.25) is 0 Å². The van der Waals surface area contributed by atoms with Crippen molar-refractivity contribution in [3.8, 4) is 6.07 Å². The molecular weight excluding hydrogens is 308 g/mol. The van der Waals surface area contributed by atoms with E-state index in [1.165, 1.54) is 0 Å². The molecule has 3 aromatic carbocycles. The van der Waals surface area contributed by atoms with Gasteiger partial charge in [0.1, 0.15) is 0 Å². The maximum atomic E-state index is 12.6. The van der Waals surface area contributed by atoms with Crippen molar-refractivity contribution in [3.05, 3.63) is 102 Å². The van der Waals surface area contributed by atoms with Gasteiger partial charge in [0.15, 0.2) is 5.78 Å². The van der Waals surface area contributed by atoms with Crippen molar-refractivity contribution >= 4 is 11.5 Å². The van der Waals surface area contributed by atoms with Crippen molar-refractivity contribution in [1.82, 2.24) is 0 Å². The maximum absolute atomic E-state index is 12.6. The maximum Gasteiger partial charge on any atom is 0.165 e. The molecule has 0 aliphatic carbocycles. The van der Waals surface area contributed by atoms with E-state index in [1.54, 1.807) is 12.1 Å². The molecule has 0 aliphatic heterocycles. The fourth-order valence-corrected chi connectivity index (χ4v) is 2.71. The summed E-state index contributed by atoms with van der Waals surface area (Å²) >= 11 is 0. The van der Waals surface area contributed by atoms with Gasteiger partial charge < -0.3 is 5.32 Å². The van der Waals surface area contributed by atoms with Crippen molar-refractivity contribution in [2.45, 2.75) is 12.5 Å². The molecule has 1 atom stereocenters. The highest BCUT2D eigenvalue weighted by Crippen LogP contribution is 2.24. The van der Waals surface area contributed by atoms with E-state index in [-0.39, 0.29) is 11.8 Å². The minimum Gasteiger partial charge on any atom is -0.378 e. The number of hydrogen-bond acceptors (Lipinski definition) is 3. The summed E-state index contributed by atoms with van der Waals surface area (Å²) in [7, 11) is 0. The van der Waals surface area contributed by atoms with Gasteiger partial charge in [-0.2, -0.15) is 5.26 Å². The van der Waals surface area contributed by atoms with Gasteiger partial charge in [0.05, 0.1) is 17.7 Å². The van der Waals surface area contributed by atoms with E-state index in [9.17, 15) is 4.79 Å². The number of carbonyl (C=O) groups excluding carboxylic acids is 1. The molecule has 3 rings (SSSR count). The van der Waals surface area contributed by atoms with Crippen molar-refractivity contribution in [3.63, 3.8) is 0 Å². The highest BCUT2D eigenvalue weighted by molar-refractivity contribution is 5.96. The Balaban J connectivity index is 1.82. The summed E-state index contributed by atoms with van der Waals surface area (Å²) in [6.07, 6.45) is 0.355. The van der Waals surface area contributed by atoms with Crippen LogP contribution in [-0.2, 0) is 0 Å². The fraction of sp³-hybridized carbons (Fsp3) is 0.0909. The number of benzene rings is 3. The molecule has 122 valence electrons. The van der Waals surface area contributed by atoms with Crippen molar-refractivity contribution in [2.75, 3.05) is 5.32 Å². The van der Waals surface area contributed by atoms with E-state index in [0.717, 1.165) is 11.3 Å². The Morgan fingerprint density at radius 2 is 1.48 bits per heavy atom. The molecule has 3 aromatic rings. The Kier molecular flexibility index (Phi) is 5.23. The van der Waals surface area contributed by atoms with E-state index < -0.39 is 0 Å². The predicted octanol–water partition coefficient (Wildman–Crippen LogP) is 4.98. The van der Waals surface area contributed by atoms with Gasteiger partial charge in [-0.05, 0) is 29.8 Å². The first-order valence-electron chi connectivity index (χ1n) is 8.16. The van der Waals surface area contributed by atoms with Crippen molar-refractivity contribution in [2.24, 2.45) is 0 Å². The topological polar surface area (TPSA) is 52.9 Å². The Labute approximate surface area is 147 Å². The van der Waals surface area contributed by atoms with Crippen LogP contribution in [0, 0.1) is 11.3 Å². The summed E-state index contributed by atoms with van der Waals surface area (Å²) in [4.78, 5) is 12.6. The molecule has 3 heteroatoms. The molecule has 1 unspecified atom stereocenters. The Morgan fingerprint density at radius 3 is 2.08 bits per heavy atom. The van der Waals surface area contributed by atoms with Crippen molar-refractivity contribution < 1.29 is 4.79 Å². The van der Waals surface area contributed by atoms with Crippen LogP contribution in [0.1, 0.15) is 33.9 Å². The van der Waals surface area contributed by atoms with Gasteiger partial charge in [-0.3, -0.25) is 4.79 Å². The van der Waals surface area contributed by atoms with Crippen LogP contribution in [0.25, 0.3) is 0 Å². The molecule has 0 saturated carbocycles. The normalized spacial score (nSPS) is 11.3. The van der Waals surface area contributed by atoms with Gasteiger partial charge in [-0.1, -0.05) is 60.7 Å². The van der Waals surface area contributed by atoms with Crippen LogP contribution >= 0.6 is 0 Å². The van der Waals surface area contributed by atoms with E-state index in [0.29, 0.717) is 17.5 Å². The average Bonchev–Trinajstić information content (AvgIpc) is 2.69. The fourth-order valence-electron chi connectivity index (χ4n) is 2.71. The Morgan fingerprint density at radius 1 is 0.880 bits per heavy atom. The molecule has 0 amide bonds. The number of nitrogens with zero attached hydrogens (tertiary/aromatic N) is 1. The van der Waals surface area contributed by atoms with E-state index in [2.05, 4.69) is 11.4 Å². The lowest BCUT2D eigenvalue weighted by molar-refractivity contribution is 0.0976. The van der Waals surface area contributed by atoms with Crippen molar-refractivity contribution in [1.29, 1.82) is 5.26 Å². The Hall–Kier alpha value is -3.38. The summed E-state index contributed by atoms with van der Waals surface area (Å²) in [6.45, 7) is 0. The van der Waals surface area contributed by atoms with Gasteiger partial charge >= 0.3 is 0 Å². The van der Waals surface area contributed by atoms with E-state index >= 15 is 0 Å². The summed E-state index contributed by atoms with van der Waals surface area (Å²) in [6, 6.07) is 28.5. The van der Waals surface area contributed by atoms with E-state index in [4.69, 9.17) is 5.26 Å². The van der Waals surface area contributed by atoms with Crippen LogP contribution < -0.4 is 5.32 Å². The summed E-state index contributed by atoms with van der Waals surface area (Å²) < 4.78 is 0. The zero-order valence-corrected chi connectivity index (χ0v) is 13.7. The zero-order valence-electron chi connectivity index (χ0n) is 13.7. The number of carbonyl (C=O) groups is 1. The summed E-state index contributed by atoms with van der Waals surface area (Å²) in [5, 5.41) is 12.3. The third-order valence-corrected chi connectivity index (χ3v) is 4.04. The second kappa shape index (κ2) is 7.94. The molecule has 0 aliphatic rings. The molecule has 3 nitrogen and oxygen atoms in total. The molecule has 0 spiro atoms. The number of hydrogen-bond donors (Lipinski definition) is 1. The van der Waals surface area contributed by atoms with Crippen LogP contribution in [0.3, 0.4) is 0 Å². The standard InChI is InChI=1S/C22H18N2O/c23-16-17-11-13-20(14-12-17)24-21(18-7-3-1-4-8-18)15-22(25)19-9-5-2-6-10-19/h1-14,21,24H,15H2. The molecule has 25 heavy (non-hydrogen) atoms. The molecule has 0 aromatic heterocycles. The third-order valence-electron chi connectivity index (χ3n) is 4.04. The lowest BCUT2D eigenvalue weighted by atomic mass is 9.97. The highest BCUT2D eigenvalue weighted by atomic mass is 16.1. The summed E-state index contributed by atoms with van der Waals surface area (Å²) in [5.74, 6) is 0.0931. The molecule has 0 heterocycles. The highest BCUT2D eigenvalue weighted by Gasteiger charge is 2.17. The summed E-state index contributed by atoms with van der Waals surface area (Å²) in [5.41, 5.74) is 3.26. The molecule has 0 saturated heterocycles. The predicted molar refractivity (Wildman–Crippen MR) is 99.4 cm³/mol. The average molecular weight is 326 g/mol. The molecule has 1 N–H and O–H groups in total. The Bertz CT molecular complexity index is 865. The minimum atomic E-state index is -0.137. The minimum absolute atomic E-state index is 0.0931. The number of Topliss-reactive ketones (excluding diaryl/α,β-unsaturated/α-hetero) is 1. The number of ketones is 1. The van der Waals surface area contributed by atoms with Gasteiger partial charge in [0, 0.05) is 17.7 Å². The molecular formula is C22H18N2O. The second-order valence-electron chi connectivity index (χ2n) is 5.79. The SMILES string of the molecule is N#Cc1ccc(NC(CC(=O)c2ccccc2)c2ccccc2)cc1. The molecule has 0 fully saturated rings. The zero-order chi connectivity index (χ0) is 17.5. The number of rotatable bonds is 6. The van der Waals surface area contributed by atoms with E-state index in [1.807, 2.05) is 72.8 Å². The van der Waals surface area contributed by atoms with Gasteiger partial charge in [-0.25, -0.2) is 0 Å². The second-order valence-corrected chi connectivity index (χ2v) is 5.79. The van der Waals surface area contributed by atoms with Crippen LogP contribution in [0.15, 0.2) is 84.9 Å². The first-order chi connectivity index (χ1) is 12.3. The molecule has 0 radical (unpaired) electrons. The van der Waals surface area contributed by atoms with Gasteiger partial charge in [0.2, 0.25) is 0 Å². The van der Waals surface area contributed by atoms with Crippen LogP contribution in [0.4, 0.5) is 5.69 Å². The molecule has 0 bridgehead atoms. The first kappa shape index (κ1) is 16.5. The number of anilines is 1. The van der Waals surface area contributed by atoms with Crippen LogP contribution in [0.5, 0.6) is 0 Å². The van der Waals surface area contributed by atoms with Gasteiger partial charge in [0.25, 0.3) is 0 Å². The smallest absolute Gasteiger partial charge is 0.165 e. The number of nitrogens with one attached hydrogen (secondary N) is 1. The monoisotopic (exact) mass is 326 g/mol. The largest absolute Gasteiger partial charge is 0.378 e. The third kappa shape index (κ3) is 4.33. The van der Waals surface area contributed by atoms with Crippen LogP contribution in [-0.4, -0.2) is 5.78 Å². The van der Waals surface area contributed by atoms with Gasteiger partial charge in [-0.15, -0.1) is 0 Å². The lowest BCUT2D eigenvalue weighted by Crippen LogP contribution is -2.15. The first-order valence-corrected chi connectivity index (χ1v) is 8.16. The lowest BCUT2D eigenvalue weighted by Gasteiger charge is -2.20. The number of nitriles is 1. The quantitative estimate of drug-likeness (QED) is 0.650.